The third-order valence-corrected chi connectivity index (χ3v) is 2.60. The minimum Gasteiger partial charge on any atom is -0.385 e. The molecule has 0 bridgehead atoms. The fourth-order valence-corrected chi connectivity index (χ4v) is 1.58. The number of aryl methyl sites for hydroxylation is 1. The predicted octanol–water partition coefficient (Wildman–Crippen LogP) is 0.473. The SMILES string of the molecule is CCCn1nncc1C(O)CNC1CC1. The quantitative estimate of drug-likeness (QED) is 0.716. The summed E-state index contributed by atoms with van der Waals surface area (Å²) in [6, 6.07) is 0.621. The summed E-state index contributed by atoms with van der Waals surface area (Å²) in [4.78, 5) is 0. The van der Waals surface area contributed by atoms with Crippen molar-refractivity contribution < 1.29 is 5.11 Å². The van der Waals surface area contributed by atoms with E-state index in [1.54, 1.807) is 10.9 Å². The molecule has 0 aromatic carbocycles. The Bertz CT molecular complexity index is 308. The van der Waals surface area contributed by atoms with Gasteiger partial charge in [-0.25, -0.2) is 4.68 Å². The Morgan fingerprint density at radius 3 is 3.13 bits per heavy atom. The summed E-state index contributed by atoms with van der Waals surface area (Å²) >= 11 is 0. The van der Waals surface area contributed by atoms with E-state index in [0.29, 0.717) is 12.6 Å². The lowest BCUT2D eigenvalue weighted by Gasteiger charge is -2.12. The van der Waals surface area contributed by atoms with Gasteiger partial charge >= 0.3 is 0 Å². The molecule has 1 saturated carbocycles. The van der Waals surface area contributed by atoms with E-state index < -0.39 is 6.10 Å². The van der Waals surface area contributed by atoms with Gasteiger partial charge in [0.25, 0.3) is 0 Å². The van der Waals surface area contributed by atoms with E-state index in [4.69, 9.17) is 0 Å². The lowest BCUT2D eigenvalue weighted by molar-refractivity contribution is 0.163. The highest BCUT2D eigenvalue weighted by atomic mass is 16.3. The minimum absolute atomic E-state index is 0.493. The zero-order valence-electron chi connectivity index (χ0n) is 9.06. The van der Waals surface area contributed by atoms with Crippen LogP contribution in [0.2, 0.25) is 0 Å². The first-order valence-electron chi connectivity index (χ1n) is 5.61. The normalized spacial score (nSPS) is 18.0. The minimum atomic E-state index is -0.493. The van der Waals surface area contributed by atoms with Crippen LogP contribution in [-0.4, -0.2) is 32.7 Å². The number of nitrogens with one attached hydrogen (secondary N) is 1. The van der Waals surface area contributed by atoms with Gasteiger partial charge in [0.05, 0.1) is 11.9 Å². The van der Waals surface area contributed by atoms with Gasteiger partial charge in [-0.1, -0.05) is 12.1 Å². The second kappa shape index (κ2) is 4.72. The van der Waals surface area contributed by atoms with Crippen LogP contribution in [0.15, 0.2) is 6.20 Å². The van der Waals surface area contributed by atoms with Crippen LogP contribution in [0.3, 0.4) is 0 Å². The molecule has 1 heterocycles. The zero-order chi connectivity index (χ0) is 10.7. The second-order valence-corrected chi connectivity index (χ2v) is 4.08. The molecule has 1 aliphatic rings. The Hall–Kier alpha value is -0.940. The third kappa shape index (κ3) is 2.76. The largest absolute Gasteiger partial charge is 0.385 e. The molecular formula is C10H18N4O. The Balaban J connectivity index is 1.90. The fraction of sp³-hybridized carbons (Fsp3) is 0.800. The molecule has 0 amide bonds. The molecule has 1 unspecified atom stereocenters. The molecule has 1 atom stereocenters. The van der Waals surface area contributed by atoms with Gasteiger partial charge in [-0.15, -0.1) is 5.10 Å². The first kappa shape index (κ1) is 10.6. The van der Waals surface area contributed by atoms with Gasteiger partial charge in [0.1, 0.15) is 6.10 Å². The molecule has 5 heteroatoms. The number of rotatable bonds is 6. The van der Waals surface area contributed by atoms with Gasteiger partial charge in [0.15, 0.2) is 0 Å². The lowest BCUT2D eigenvalue weighted by atomic mass is 10.2. The van der Waals surface area contributed by atoms with Crippen molar-refractivity contribution in [1.82, 2.24) is 20.3 Å². The number of hydrogen-bond donors (Lipinski definition) is 2. The van der Waals surface area contributed by atoms with Crippen molar-refractivity contribution in [3.63, 3.8) is 0 Å². The van der Waals surface area contributed by atoms with Crippen molar-refractivity contribution >= 4 is 0 Å². The molecule has 1 aliphatic carbocycles. The molecule has 1 aromatic heterocycles. The van der Waals surface area contributed by atoms with E-state index in [1.807, 2.05) is 0 Å². The van der Waals surface area contributed by atoms with Crippen molar-refractivity contribution in [3.8, 4) is 0 Å². The zero-order valence-corrected chi connectivity index (χ0v) is 9.06. The highest BCUT2D eigenvalue weighted by Crippen LogP contribution is 2.20. The van der Waals surface area contributed by atoms with Gasteiger partial charge in [-0.05, 0) is 19.3 Å². The van der Waals surface area contributed by atoms with Crippen LogP contribution >= 0.6 is 0 Å². The van der Waals surface area contributed by atoms with Crippen molar-refractivity contribution in [2.45, 2.75) is 44.9 Å². The smallest absolute Gasteiger partial charge is 0.110 e. The molecule has 0 radical (unpaired) electrons. The molecule has 2 N–H and O–H groups in total. The van der Waals surface area contributed by atoms with Crippen LogP contribution in [0, 0.1) is 0 Å². The molecule has 2 rings (SSSR count). The number of aliphatic hydroxyl groups is 1. The summed E-state index contributed by atoms with van der Waals surface area (Å²) in [7, 11) is 0. The predicted molar refractivity (Wildman–Crippen MR) is 56.3 cm³/mol. The standard InChI is InChI=1S/C10H18N4O/c1-2-5-14-9(6-12-13-14)10(15)7-11-8-3-4-8/h6,8,10-11,15H,2-5,7H2,1H3. The Morgan fingerprint density at radius 1 is 1.67 bits per heavy atom. The summed E-state index contributed by atoms with van der Waals surface area (Å²) in [6.07, 6.45) is 4.62. The van der Waals surface area contributed by atoms with Gasteiger partial charge in [0.2, 0.25) is 0 Å². The van der Waals surface area contributed by atoms with Crippen LogP contribution in [0.5, 0.6) is 0 Å². The number of nitrogens with zero attached hydrogens (tertiary/aromatic N) is 3. The fourth-order valence-electron chi connectivity index (χ4n) is 1.58. The van der Waals surface area contributed by atoms with E-state index in [0.717, 1.165) is 18.7 Å². The Kier molecular flexibility index (Phi) is 3.33. The van der Waals surface area contributed by atoms with E-state index in [9.17, 15) is 5.11 Å². The maximum absolute atomic E-state index is 9.93. The van der Waals surface area contributed by atoms with Gasteiger partial charge in [-0.2, -0.15) is 0 Å². The van der Waals surface area contributed by atoms with E-state index >= 15 is 0 Å². The van der Waals surface area contributed by atoms with Crippen molar-refractivity contribution in [3.05, 3.63) is 11.9 Å². The maximum atomic E-state index is 9.93. The molecule has 15 heavy (non-hydrogen) atoms. The topological polar surface area (TPSA) is 63.0 Å². The van der Waals surface area contributed by atoms with E-state index in [-0.39, 0.29) is 0 Å². The summed E-state index contributed by atoms with van der Waals surface area (Å²) in [5.74, 6) is 0. The van der Waals surface area contributed by atoms with Crippen molar-refractivity contribution in [1.29, 1.82) is 0 Å². The third-order valence-electron chi connectivity index (χ3n) is 2.60. The first-order valence-corrected chi connectivity index (χ1v) is 5.61. The summed E-state index contributed by atoms with van der Waals surface area (Å²) in [6.45, 7) is 3.50. The van der Waals surface area contributed by atoms with Crippen LogP contribution in [0.4, 0.5) is 0 Å². The Morgan fingerprint density at radius 2 is 2.47 bits per heavy atom. The molecule has 5 nitrogen and oxygen atoms in total. The molecule has 0 spiro atoms. The van der Waals surface area contributed by atoms with Crippen molar-refractivity contribution in [2.24, 2.45) is 0 Å². The summed E-state index contributed by atoms with van der Waals surface area (Å²) in [5, 5.41) is 21.0. The van der Waals surface area contributed by atoms with E-state index in [1.165, 1.54) is 12.8 Å². The lowest BCUT2D eigenvalue weighted by Crippen LogP contribution is -2.25. The second-order valence-electron chi connectivity index (χ2n) is 4.08. The highest BCUT2D eigenvalue weighted by Gasteiger charge is 2.22. The van der Waals surface area contributed by atoms with Crippen molar-refractivity contribution in [2.75, 3.05) is 6.54 Å². The molecular weight excluding hydrogens is 192 g/mol. The molecule has 1 fully saturated rings. The molecule has 84 valence electrons. The molecule has 0 saturated heterocycles. The van der Waals surface area contributed by atoms with Gasteiger partial charge in [0, 0.05) is 19.1 Å². The number of aromatic nitrogens is 3. The van der Waals surface area contributed by atoms with Crippen LogP contribution < -0.4 is 5.32 Å². The Labute approximate surface area is 89.5 Å². The monoisotopic (exact) mass is 210 g/mol. The van der Waals surface area contributed by atoms with Crippen LogP contribution in [-0.2, 0) is 6.54 Å². The average molecular weight is 210 g/mol. The molecule has 1 aromatic rings. The number of aliphatic hydroxyl groups excluding tert-OH is 1. The maximum Gasteiger partial charge on any atom is 0.110 e. The number of hydrogen-bond acceptors (Lipinski definition) is 4. The summed E-state index contributed by atoms with van der Waals surface area (Å²) in [5.41, 5.74) is 0.810. The van der Waals surface area contributed by atoms with Gasteiger partial charge in [-0.3, -0.25) is 0 Å². The van der Waals surface area contributed by atoms with Crippen LogP contribution in [0.1, 0.15) is 38.0 Å². The van der Waals surface area contributed by atoms with E-state index in [2.05, 4.69) is 22.6 Å². The summed E-state index contributed by atoms with van der Waals surface area (Å²) < 4.78 is 1.78. The van der Waals surface area contributed by atoms with Crippen LogP contribution in [0.25, 0.3) is 0 Å². The van der Waals surface area contributed by atoms with Gasteiger partial charge < -0.3 is 10.4 Å². The average Bonchev–Trinajstić information content (AvgIpc) is 2.95. The molecule has 0 aliphatic heterocycles. The first-order chi connectivity index (χ1) is 7.31. The highest BCUT2D eigenvalue weighted by molar-refractivity contribution is 5.00.